The number of hydrogen-bond acceptors (Lipinski definition) is 2. The fourth-order valence-corrected chi connectivity index (χ4v) is 1.80. The third-order valence-electron chi connectivity index (χ3n) is 2.50. The summed E-state index contributed by atoms with van der Waals surface area (Å²) in [4.78, 5) is 10.1. The lowest BCUT2D eigenvalue weighted by atomic mass is 10.0. The van der Waals surface area contributed by atoms with Gasteiger partial charge in [0, 0.05) is 17.2 Å². The second kappa shape index (κ2) is 4.97. The summed E-state index contributed by atoms with van der Waals surface area (Å²) in [5.41, 5.74) is 2.12. The first-order valence-electron chi connectivity index (χ1n) is 5.13. The molecule has 0 heterocycles. The summed E-state index contributed by atoms with van der Waals surface area (Å²) in [5, 5.41) is 11.2. The first kappa shape index (κ1) is 11.6. The largest absolute Gasteiger partial charge is 0.269 e. The molecule has 0 aliphatic rings. The van der Waals surface area contributed by atoms with Crippen molar-refractivity contribution in [2.24, 2.45) is 0 Å². The first-order valence-corrected chi connectivity index (χ1v) is 5.51. The predicted molar refractivity (Wildman–Crippen MR) is 67.4 cm³/mol. The maximum Gasteiger partial charge on any atom is 0.269 e. The minimum absolute atomic E-state index is 0.105. The summed E-state index contributed by atoms with van der Waals surface area (Å²) in [6.45, 7) is 0. The van der Waals surface area contributed by atoms with Crippen molar-refractivity contribution < 1.29 is 4.92 Å². The number of hydrogen-bond donors (Lipinski definition) is 0. The minimum Gasteiger partial charge on any atom is -0.258 e. The normalized spacial score (nSPS) is 10.2. The number of benzene rings is 2. The second-order valence-electron chi connectivity index (χ2n) is 3.69. The molecule has 0 saturated heterocycles. The SMILES string of the molecule is O=[N+]([O-])c1ccc(Cc2ccccc2Cl)cc1. The fourth-order valence-electron chi connectivity index (χ4n) is 1.60. The van der Waals surface area contributed by atoms with Gasteiger partial charge < -0.3 is 0 Å². The fraction of sp³-hybridized carbons (Fsp3) is 0.0769. The zero-order chi connectivity index (χ0) is 12.3. The lowest BCUT2D eigenvalue weighted by Gasteiger charge is -2.03. The zero-order valence-corrected chi connectivity index (χ0v) is 9.72. The van der Waals surface area contributed by atoms with Gasteiger partial charge in [-0.3, -0.25) is 10.1 Å². The Balaban J connectivity index is 2.20. The highest BCUT2D eigenvalue weighted by Gasteiger charge is 2.05. The van der Waals surface area contributed by atoms with Gasteiger partial charge in [-0.25, -0.2) is 0 Å². The van der Waals surface area contributed by atoms with Crippen molar-refractivity contribution in [1.82, 2.24) is 0 Å². The van der Waals surface area contributed by atoms with Crippen LogP contribution in [0.15, 0.2) is 48.5 Å². The standard InChI is InChI=1S/C13H10ClNO2/c14-13-4-2-1-3-11(13)9-10-5-7-12(8-6-10)15(16)17/h1-8H,9H2. The Kier molecular flexibility index (Phi) is 3.40. The predicted octanol–water partition coefficient (Wildman–Crippen LogP) is 3.84. The molecule has 0 atom stereocenters. The molecule has 0 saturated carbocycles. The van der Waals surface area contributed by atoms with Crippen LogP contribution in [-0.2, 0) is 6.42 Å². The van der Waals surface area contributed by atoms with E-state index in [1.807, 2.05) is 24.3 Å². The van der Waals surface area contributed by atoms with Gasteiger partial charge in [-0.2, -0.15) is 0 Å². The molecule has 0 fully saturated rings. The van der Waals surface area contributed by atoms with E-state index in [9.17, 15) is 10.1 Å². The number of halogens is 1. The quantitative estimate of drug-likeness (QED) is 0.611. The Labute approximate surface area is 104 Å². The van der Waals surface area contributed by atoms with Gasteiger partial charge >= 0.3 is 0 Å². The molecule has 0 aliphatic carbocycles. The smallest absolute Gasteiger partial charge is 0.258 e. The van der Waals surface area contributed by atoms with Gasteiger partial charge in [0.25, 0.3) is 5.69 Å². The van der Waals surface area contributed by atoms with Crippen LogP contribution in [0.1, 0.15) is 11.1 Å². The van der Waals surface area contributed by atoms with Crippen molar-refractivity contribution in [3.63, 3.8) is 0 Å². The molecule has 0 bridgehead atoms. The first-order chi connectivity index (χ1) is 8.16. The maximum absolute atomic E-state index is 10.5. The average molecular weight is 248 g/mol. The van der Waals surface area contributed by atoms with Crippen LogP contribution in [0.4, 0.5) is 5.69 Å². The lowest BCUT2D eigenvalue weighted by molar-refractivity contribution is -0.384. The van der Waals surface area contributed by atoms with Gasteiger partial charge in [0.05, 0.1) is 4.92 Å². The Morgan fingerprint density at radius 3 is 2.29 bits per heavy atom. The molecular weight excluding hydrogens is 238 g/mol. The van der Waals surface area contributed by atoms with Gasteiger partial charge in [-0.1, -0.05) is 41.9 Å². The Morgan fingerprint density at radius 1 is 1.06 bits per heavy atom. The van der Waals surface area contributed by atoms with Crippen molar-refractivity contribution in [3.8, 4) is 0 Å². The molecule has 86 valence electrons. The van der Waals surface area contributed by atoms with E-state index in [0.717, 1.165) is 11.1 Å². The van der Waals surface area contributed by atoms with E-state index in [0.29, 0.717) is 11.4 Å². The van der Waals surface area contributed by atoms with Gasteiger partial charge in [0.1, 0.15) is 0 Å². The molecule has 0 aliphatic heterocycles. The van der Waals surface area contributed by atoms with Crippen LogP contribution in [-0.4, -0.2) is 4.92 Å². The summed E-state index contributed by atoms with van der Waals surface area (Å²) >= 11 is 6.05. The highest BCUT2D eigenvalue weighted by atomic mass is 35.5. The molecule has 3 nitrogen and oxygen atoms in total. The summed E-state index contributed by atoms with van der Waals surface area (Å²) in [6.07, 6.45) is 0.678. The molecule has 0 spiro atoms. The molecule has 0 amide bonds. The Bertz CT molecular complexity index is 537. The van der Waals surface area contributed by atoms with Crippen LogP contribution in [0.2, 0.25) is 5.02 Å². The van der Waals surface area contributed by atoms with Crippen LogP contribution in [0.3, 0.4) is 0 Å². The second-order valence-corrected chi connectivity index (χ2v) is 4.10. The summed E-state index contributed by atoms with van der Waals surface area (Å²) in [6, 6.07) is 14.1. The molecule has 2 aromatic carbocycles. The monoisotopic (exact) mass is 247 g/mol. The molecule has 0 unspecified atom stereocenters. The topological polar surface area (TPSA) is 43.1 Å². The number of nitrogens with zero attached hydrogens (tertiary/aromatic N) is 1. The summed E-state index contributed by atoms with van der Waals surface area (Å²) in [5.74, 6) is 0. The lowest BCUT2D eigenvalue weighted by Crippen LogP contribution is -1.91. The van der Waals surface area contributed by atoms with Gasteiger partial charge in [0.2, 0.25) is 0 Å². The molecule has 0 radical (unpaired) electrons. The van der Waals surface area contributed by atoms with Crippen molar-refractivity contribution in [1.29, 1.82) is 0 Å². The van der Waals surface area contributed by atoms with Crippen LogP contribution in [0.5, 0.6) is 0 Å². The van der Waals surface area contributed by atoms with Crippen LogP contribution in [0.25, 0.3) is 0 Å². The van der Waals surface area contributed by atoms with Crippen LogP contribution in [0, 0.1) is 10.1 Å². The molecule has 2 rings (SSSR count). The maximum atomic E-state index is 10.5. The van der Waals surface area contributed by atoms with E-state index in [1.165, 1.54) is 12.1 Å². The van der Waals surface area contributed by atoms with E-state index >= 15 is 0 Å². The van der Waals surface area contributed by atoms with Crippen molar-refractivity contribution in [3.05, 3.63) is 74.8 Å². The van der Waals surface area contributed by atoms with E-state index in [2.05, 4.69) is 0 Å². The van der Waals surface area contributed by atoms with Crippen molar-refractivity contribution in [2.45, 2.75) is 6.42 Å². The zero-order valence-electron chi connectivity index (χ0n) is 8.97. The minimum atomic E-state index is -0.403. The Hall–Kier alpha value is -1.87. The molecule has 2 aromatic rings. The van der Waals surface area contributed by atoms with Gasteiger partial charge in [-0.05, 0) is 23.6 Å². The molecule has 4 heteroatoms. The summed E-state index contributed by atoms with van der Waals surface area (Å²) in [7, 11) is 0. The summed E-state index contributed by atoms with van der Waals surface area (Å²) < 4.78 is 0. The van der Waals surface area contributed by atoms with Crippen LogP contribution >= 0.6 is 11.6 Å². The van der Waals surface area contributed by atoms with Gasteiger partial charge in [0.15, 0.2) is 0 Å². The third-order valence-corrected chi connectivity index (χ3v) is 2.87. The van der Waals surface area contributed by atoms with Crippen LogP contribution < -0.4 is 0 Å². The Morgan fingerprint density at radius 2 is 1.71 bits per heavy atom. The number of nitro groups is 1. The average Bonchev–Trinajstić information content (AvgIpc) is 2.33. The molecular formula is C13H10ClNO2. The number of nitro benzene ring substituents is 1. The van der Waals surface area contributed by atoms with Gasteiger partial charge in [-0.15, -0.1) is 0 Å². The highest BCUT2D eigenvalue weighted by Crippen LogP contribution is 2.20. The van der Waals surface area contributed by atoms with E-state index in [1.54, 1.807) is 12.1 Å². The van der Waals surface area contributed by atoms with E-state index in [4.69, 9.17) is 11.6 Å². The van der Waals surface area contributed by atoms with Crippen molar-refractivity contribution in [2.75, 3.05) is 0 Å². The number of non-ortho nitro benzene ring substituents is 1. The number of rotatable bonds is 3. The molecule has 17 heavy (non-hydrogen) atoms. The van der Waals surface area contributed by atoms with Crippen molar-refractivity contribution >= 4 is 17.3 Å². The molecule has 0 N–H and O–H groups in total. The third kappa shape index (κ3) is 2.82. The van der Waals surface area contributed by atoms with E-state index in [-0.39, 0.29) is 5.69 Å². The highest BCUT2D eigenvalue weighted by molar-refractivity contribution is 6.31. The van der Waals surface area contributed by atoms with E-state index < -0.39 is 4.92 Å². The molecule has 0 aromatic heterocycles.